The minimum atomic E-state index is -4.16. The van der Waals surface area contributed by atoms with E-state index in [1.54, 1.807) is 36.4 Å². The van der Waals surface area contributed by atoms with Crippen molar-refractivity contribution in [2.24, 2.45) is 5.92 Å². The molecule has 7 nitrogen and oxygen atoms in total. The van der Waals surface area contributed by atoms with E-state index in [1.165, 1.54) is 20.7 Å². The first-order valence-corrected chi connectivity index (χ1v) is 17.3. The average molecular weight is 635 g/mol. The molecular formula is C33H31ClN2O5S2. The summed E-state index contributed by atoms with van der Waals surface area (Å²) in [5, 5.41) is 0.0825. The van der Waals surface area contributed by atoms with E-state index in [0.717, 1.165) is 5.56 Å². The molecule has 4 aromatic rings. The molecule has 43 heavy (non-hydrogen) atoms. The van der Waals surface area contributed by atoms with Crippen LogP contribution in [0.15, 0.2) is 119 Å². The summed E-state index contributed by atoms with van der Waals surface area (Å²) in [5.41, 5.74) is 2.35. The van der Waals surface area contributed by atoms with E-state index in [9.17, 15) is 21.6 Å². The number of carbonyl (C=O) groups excluding carboxylic acids is 1. The first-order chi connectivity index (χ1) is 20.6. The maximum Gasteiger partial charge on any atom is 0.245 e. The summed E-state index contributed by atoms with van der Waals surface area (Å²) in [6, 6.07) is 29.0. The molecule has 2 aliphatic heterocycles. The Morgan fingerprint density at radius 3 is 1.86 bits per heavy atom. The molecule has 2 saturated heterocycles. The highest BCUT2D eigenvalue weighted by molar-refractivity contribution is 7.89. The van der Waals surface area contributed by atoms with Crippen LogP contribution >= 0.6 is 11.6 Å². The van der Waals surface area contributed by atoms with E-state index in [0.29, 0.717) is 11.1 Å². The first kappa shape index (κ1) is 29.7. The second-order valence-electron chi connectivity index (χ2n) is 11.1. The van der Waals surface area contributed by atoms with Crippen LogP contribution in [0.25, 0.3) is 0 Å². The van der Waals surface area contributed by atoms with Crippen molar-refractivity contribution >= 4 is 37.4 Å². The van der Waals surface area contributed by atoms with Gasteiger partial charge in [0.15, 0.2) is 0 Å². The summed E-state index contributed by atoms with van der Waals surface area (Å²) in [6.45, 7) is 1.72. The van der Waals surface area contributed by atoms with E-state index in [2.05, 4.69) is 0 Å². The number of ketones is 1. The number of nitrogens with zero attached hydrogens (tertiary/aromatic N) is 2. The lowest BCUT2D eigenvalue weighted by atomic mass is 9.77. The largest absolute Gasteiger partial charge is 0.299 e. The topological polar surface area (TPSA) is 91.8 Å². The van der Waals surface area contributed by atoms with E-state index in [-0.39, 0.29) is 40.0 Å². The van der Waals surface area contributed by atoms with Crippen molar-refractivity contribution in [1.82, 2.24) is 8.61 Å². The van der Waals surface area contributed by atoms with Crippen LogP contribution in [0, 0.1) is 12.8 Å². The van der Waals surface area contributed by atoms with Gasteiger partial charge in [-0.25, -0.2) is 16.8 Å². The molecule has 0 aromatic heterocycles. The summed E-state index contributed by atoms with van der Waals surface area (Å²) in [6.07, 6.45) is 0.0325. The molecule has 0 radical (unpaired) electrons. The third-order valence-electron chi connectivity index (χ3n) is 8.48. The van der Waals surface area contributed by atoms with Crippen molar-refractivity contribution in [3.8, 4) is 0 Å². The Morgan fingerprint density at radius 1 is 0.698 bits per heavy atom. The number of hydrogen-bond donors (Lipinski definition) is 0. The fourth-order valence-corrected chi connectivity index (χ4v) is 10.3. The highest BCUT2D eigenvalue weighted by Gasteiger charge is 2.54. The highest BCUT2D eigenvalue weighted by Crippen LogP contribution is 2.48. The lowest BCUT2D eigenvalue weighted by Gasteiger charge is -2.51. The van der Waals surface area contributed by atoms with Crippen molar-refractivity contribution in [2.75, 3.05) is 6.54 Å². The molecule has 3 unspecified atom stereocenters. The van der Waals surface area contributed by atoms with Crippen molar-refractivity contribution < 1.29 is 21.6 Å². The van der Waals surface area contributed by atoms with E-state index in [1.807, 2.05) is 67.6 Å². The van der Waals surface area contributed by atoms with Gasteiger partial charge in [-0.05, 0) is 48.7 Å². The Kier molecular flexibility index (Phi) is 8.04. The second kappa shape index (κ2) is 11.6. The fraction of sp³-hybridized carbons (Fsp3) is 0.242. The Bertz CT molecular complexity index is 1850. The first-order valence-electron chi connectivity index (χ1n) is 14.1. The molecule has 10 heteroatoms. The molecule has 4 aromatic carbocycles. The Balaban J connectivity index is 1.51. The summed E-state index contributed by atoms with van der Waals surface area (Å²) >= 11 is 6.38. The molecule has 0 bridgehead atoms. The monoisotopic (exact) mass is 634 g/mol. The Morgan fingerprint density at radius 2 is 1.26 bits per heavy atom. The maximum absolute atomic E-state index is 14.5. The SMILES string of the molecule is Cc1ccc(S(=O)(=O)N2C3CC(c4ccccc4)N(S(=O)(=O)c4ccccc4Cl)CC3C(=O)C[C@H]2c2ccccc2)cc1. The van der Waals surface area contributed by atoms with Crippen molar-refractivity contribution in [1.29, 1.82) is 0 Å². The van der Waals surface area contributed by atoms with Crippen LogP contribution < -0.4 is 0 Å². The lowest BCUT2D eigenvalue weighted by Crippen LogP contribution is -2.60. The van der Waals surface area contributed by atoms with Crippen LogP contribution in [0.4, 0.5) is 0 Å². The minimum Gasteiger partial charge on any atom is -0.299 e. The van der Waals surface area contributed by atoms with Crippen molar-refractivity contribution in [2.45, 2.75) is 47.7 Å². The Labute approximate surface area is 257 Å². The average Bonchev–Trinajstić information content (AvgIpc) is 3.01. The predicted molar refractivity (Wildman–Crippen MR) is 165 cm³/mol. The number of carbonyl (C=O) groups is 1. The number of aryl methyl sites for hydroxylation is 1. The molecule has 0 N–H and O–H groups in total. The smallest absolute Gasteiger partial charge is 0.245 e. The van der Waals surface area contributed by atoms with Crippen LogP contribution in [0.3, 0.4) is 0 Å². The van der Waals surface area contributed by atoms with Gasteiger partial charge in [0.05, 0.1) is 22.0 Å². The van der Waals surface area contributed by atoms with Gasteiger partial charge in [-0.1, -0.05) is 102 Å². The van der Waals surface area contributed by atoms with Crippen LogP contribution in [-0.4, -0.2) is 43.8 Å². The third-order valence-corrected chi connectivity index (χ3v) is 12.8. The molecule has 2 fully saturated rings. The van der Waals surface area contributed by atoms with Crippen LogP contribution in [0.1, 0.15) is 41.6 Å². The molecular weight excluding hydrogens is 604 g/mol. The van der Waals surface area contributed by atoms with Crippen molar-refractivity contribution in [3.05, 3.63) is 131 Å². The zero-order valence-electron chi connectivity index (χ0n) is 23.5. The van der Waals surface area contributed by atoms with Gasteiger partial charge in [-0.3, -0.25) is 4.79 Å². The van der Waals surface area contributed by atoms with Gasteiger partial charge >= 0.3 is 0 Å². The van der Waals surface area contributed by atoms with Gasteiger partial charge in [0.25, 0.3) is 0 Å². The molecule has 0 aliphatic carbocycles. The zero-order valence-corrected chi connectivity index (χ0v) is 25.8. The highest BCUT2D eigenvalue weighted by atomic mass is 35.5. The number of Topliss-reactive ketones (excluding diaryl/α,β-unsaturated/α-hetero) is 1. The zero-order chi connectivity index (χ0) is 30.4. The molecule has 2 heterocycles. The van der Waals surface area contributed by atoms with E-state index >= 15 is 0 Å². The van der Waals surface area contributed by atoms with Crippen LogP contribution in [0.5, 0.6) is 0 Å². The van der Waals surface area contributed by atoms with E-state index in [4.69, 9.17) is 11.6 Å². The number of fused-ring (bicyclic) bond motifs is 1. The summed E-state index contributed by atoms with van der Waals surface area (Å²) in [4.78, 5) is 14.0. The lowest BCUT2D eigenvalue weighted by molar-refractivity contribution is -0.132. The van der Waals surface area contributed by atoms with Crippen molar-refractivity contribution in [3.63, 3.8) is 0 Å². The minimum absolute atomic E-state index is 0.0504. The normalized spacial score (nSPS) is 23.5. The van der Waals surface area contributed by atoms with Gasteiger partial charge in [0.1, 0.15) is 10.7 Å². The fourth-order valence-electron chi connectivity index (χ4n) is 6.36. The standard InChI is InChI=1S/C33H31ClN2O5S2/c1-23-16-18-26(19-17-23)42(38,39)36-30(25-12-6-3-7-13-25)21-32(37)27-22-35(43(40,41)33-15-9-8-14-28(33)34)29(20-31(27)36)24-10-4-2-5-11-24/h2-19,27,29-31H,20-22H2,1H3/t27?,29?,30-,31?/m0/s1. The van der Waals surface area contributed by atoms with E-state index < -0.39 is 44.1 Å². The number of hydrogen-bond acceptors (Lipinski definition) is 5. The molecule has 6 rings (SSSR count). The number of halogens is 1. The van der Waals surface area contributed by atoms with Gasteiger partial charge in [0, 0.05) is 24.9 Å². The second-order valence-corrected chi connectivity index (χ2v) is 15.2. The molecule has 0 spiro atoms. The van der Waals surface area contributed by atoms with Gasteiger partial charge in [0.2, 0.25) is 20.0 Å². The number of benzene rings is 4. The molecule has 0 amide bonds. The third kappa shape index (κ3) is 5.45. The van der Waals surface area contributed by atoms with Gasteiger partial charge < -0.3 is 0 Å². The number of sulfonamides is 2. The maximum atomic E-state index is 14.5. The van der Waals surface area contributed by atoms with Gasteiger partial charge in [-0.15, -0.1) is 0 Å². The van der Waals surface area contributed by atoms with Gasteiger partial charge in [-0.2, -0.15) is 8.61 Å². The Hall–Kier alpha value is -3.34. The molecule has 0 saturated carbocycles. The van der Waals surface area contributed by atoms with Crippen LogP contribution in [-0.2, 0) is 24.8 Å². The summed E-state index contributed by atoms with van der Waals surface area (Å²) in [7, 11) is -8.25. The predicted octanol–water partition coefficient (Wildman–Crippen LogP) is 6.17. The number of piperidine rings is 2. The molecule has 4 atom stereocenters. The quantitative estimate of drug-likeness (QED) is 0.253. The van der Waals surface area contributed by atoms with Crippen LogP contribution in [0.2, 0.25) is 5.02 Å². The summed E-state index contributed by atoms with van der Waals surface area (Å²) in [5.74, 6) is -1.03. The molecule has 222 valence electrons. The molecule has 2 aliphatic rings. The number of rotatable bonds is 6. The summed E-state index contributed by atoms with van der Waals surface area (Å²) < 4.78 is 60.2.